The number of hydrogen-bond donors (Lipinski definition) is 1. The van der Waals surface area contributed by atoms with Gasteiger partial charge in [-0.1, -0.05) is 6.07 Å². The van der Waals surface area contributed by atoms with Gasteiger partial charge >= 0.3 is 0 Å². The Hall–Kier alpha value is -1.04. The maximum atomic E-state index is 13.2. The maximum Gasteiger partial charge on any atom is 0.159 e. The Balaban J connectivity index is 1.99. The van der Waals surface area contributed by atoms with Crippen LogP contribution in [0, 0.1) is 11.6 Å². The molecular weight excluding hydrogens is 250 g/mol. The standard InChI is InChI=1S/C14H20F2N2O/c1-10-8-18(5-2-6-19-10)9-14(17)11-3-4-12(15)13(16)7-11/h3-4,7,10,14H,2,5-6,8-9,17H2,1H3. The lowest BCUT2D eigenvalue weighted by molar-refractivity contribution is 0.0670. The van der Waals surface area contributed by atoms with Crippen molar-refractivity contribution in [2.75, 3.05) is 26.2 Å². The third-order valence-corrected chi connectivity index (χ3v) is 3.36. The van der Waals surface area contributed by atoms with Gasteiger partial charge in [0.05, 0.1) is 6.10 Å². The van der Waals surface area contributed by atoms with Crippen LogP contribution in [0.2, 0.25) is 0 Å². The van der Waals surface area contributed by atoms with Crippen molar-refractivity contribution < 1.29 is 13.5 Å². The minimum absolute atomic E-state index is 0.180. The van der Waals surface area contributed by atoms with E-state index < -0.39 is 11.6 Å². The Bertz CT molecular complexity index is 428. The summed E-state index contributed by atoms with van der Waals surface area (Å²) in [5.74, 6) is -1.69. The summed E-state index contributed by atoms with van der Waals surface area (Å²) < 4.78 is 31.6. The van der Waals surface area contributed by atoms with Crippen molar-refractivity contribution in [2.24, 2.45) is 5.73 Å². The highest BCUT2D eigenvalue weighted by Crippen LogP contribution is 2.17. The van der Waals surface area contributed by atoms with Gasteiger partial charge in [0, 0.05) is 32.3 Å². The summed E-state index contributed by atoms with van der Waals surface area (Å²) >= 11 is 0. The fraction of sp³-hybridized carbons (Fsp3) is 0.571. The van der Waals surface area contributed by atoms with Crippen LogP contribution in [0.5, 0.6) is 0 Å². The first kappa shape index (κ1) is 14.4. The lowest BCUT2D eigenvalue weighted by Crippen LogP contribution is -2.36. The Morgan fingerprint density at radius 3 is 2.95 bits per heavy atom. The lowest BCUT2D eigenvalue weighted by Gasteiger charge is -2.25. The van der Waals surface area contributed by atoms with Crippen LogP contribution >= 0.6 is 0 Å². The molecule has 19 heavy (non-hydrogen) atoms. The van der Waals surface area contributed by atoms with Gasteiger partial charge in [0.2, 0.25) is 0 Å². The van der Waals surface area contributed by atoms with Crippen molar-refractivity contribution >= 4 is 0 Å². The van der Waals surface area contributed by atoms with E-state index in [0.29, 0.717) is 12.1 Å². The van der Waals surface area contributed by atoms with Crippen LogP contribution in [-0.2, 0) is 4.74 Å². The zero-order valence-corrected chi connectivity index (χ0v) is 11.1. The largest absolute Gasteiger partial charge is 0.377 e. The number of nitrogens with zero attached hydrogens (tertiary/aromatic N) is 1. The molecule has 1 fully saturated rings. The molecule has 0 spiro atoms. The maximum absolute atomic E-state index is 13.2. The summed E-state index contributed by atoms with van der Waals surface area (Å²) in [5.41, 5.74) is 6.69. The zero-order valence-electron chi connectivity index (χ0n) is 11.1. The molecule has 2 rings (SSSR count). The first-order chi connectivity index (χ1) is 9.06. The molecular formula is C14H20F2N2O. The first-order valence-electron chi connectivity index (χ1n) is 6.60. The Kier molecular flexibility index (Phi) is 4.85. The highest BCUT2D eigenvalue weighted by atomic mass is 19.2. The van der Waals surface area contributed by atoms with Gasteiger partial charge in [0.25, 0.3) is 0 Å². The van der Waals surface area contributed by atoms with E-state index in [4.69, 9.17) is 10.5 Å². The van der Waals surface area contributed by atoms with Crippen molar-refractivity contribution in [3.63, 3.8) is 0 Å². The van der Waals surface area contributed by atoms with Gasteiger partial charge in [-0.15, -0.1) is 0 Å². The highest BCUT2D eigenvalue weighted by Gasteiger charge is 2.18. The topological polar surface area (TPSA) is 38.5 Å². The molecule has 106 valence electrons. The van der Waals surface area contributed by atoms with E-state index in [2.05, 4.69) is 4.90 Å². The first-order valence-corrected chi connectivity index (χ1v) is 6.60. The monoisotopic (exact) mass is 270 g/mol. The molecule has 5 heteroatoms. The quantitative estimate of drug-likeness (QED) is 0.914. The van der Waals surface area contributed by atoms with E-state index in [-0.39, 0.29) is 12.1 Å². The second-order valence-corrected chi connectivity index (χ2v) is 5.07. The van der Waals surface area contributed by atoms with Gasteiger partial charge in [0.1, 0.15) is 0 Å². The molecule has 2 atom stereocenters. The van der Waals surface area contributed by atoms with Gasteiger partial charge in [-0.25, -0.2) is 8.78 Å². The SMILES string of the molecule is CC1CN(CC(N)c2ccc(F)c(F)c2)CCCO1. The van der Waals surface area contributed by atoms with E-state index in [1.807, 2.05) is 6.92 Å². The fourth-order valence-electron chi connectivity index (χ4n) is 2.37. The molecule has 0 bridgehead atoms. The van der Waals surface area contributed by atoms with Crippen LogP contribution in [0.15, 0.2) is 18.2 Å². The van der Waals surface area contributed by atoms with E-state index in [1.54, 1.807) is 6.07 Å². The summed E-state index contributed by atoms with van der Waals surface area (Å²) in [6, 6.07) is 3.53. The second kappa shape index (κ2) is 6.41. The molecule has 1 aromatic rings. The van der Waals surface area contributed by atoms with Gasteiger partial charge in [0.15, 0.2) is 11.6 Å². The molecule has 1 aliphatic heterocycles. The van der Waals surface area contributed by atoms with Crippen LogP contribution in [-0.4, -0.2) is 37.2 Å². The van der Waals surface area contributed by atoms with Crippen molar-refractivity contribution in [2.45, 2.75) is 25.5 Å². The van der Waals surface area contributed by atoms with Crippen molar-refractivity contribution in [3.05, 3.63) is 35.4 Å². The number of ether oxygens (including phenoxy) is 1. The Morgan fingerprint density at radius 1 is 1.42 bits per heavy atom. The third kappa shape index (κ3) is 3.96. The molecule has 1 aromatic carbocycles. The molecule has 0 radical (unpaired) electrons. The third-order valence-electron chi connectivity index (χ3n) is 3.36. The molecule has 2 unspecified atom stereocenters. The lowest BCUT2D eigenvalue weighted by atomic mass is 10.1. The molecule has 1 aliphatic rings. The minimum Gasteiger partial charge on any atom is -0.377 e. The average molecular weight is 270 g/mol. The van der Waals surface area contributed by atoms with Crippen molar-refractivity contribution in [1.29, 1.82) is 0 Å². The Labute approximate surface area is 112 Å². The molecule has 0 aromatic heterocycles. The van der Waals surface area contributed by atoms with Gasteiger partial charge in [-0.3, -0.25) is 4.90 Å². The van der Waals surface area contributed by atoms with Crippen LogP contribution in [0.25, 0.3) is 0 Å². The van der Waals surface area contributed by atoms with Crippen LogP contribution < -0.4 is 5.73 Å². The summed E-state index contributed by atoms with van der Waals surface area (Å²) in [5, 5.41) is 0. The molecule has 1 saturated heterocycles. The van der Waals surface area contributed by atoms with Crippen LogP contribution in [0.3, 0.4) is 0 Å². The highest BCUT2D eigenvalue weighted by molar-refractivity contribution is 5.21. The minimum atomic E-state index is -0.847. The van der Waals surface area contributed by atoms with Crippen molar-refractivity contribution in [1.82, 2.24) is 4.90 Å². The van der Waals surface area contributed by atoms with E-state index in [1.165, 1.54) is 6.07 Å². The molecule has 3 nitrogen and oxygen atoms in total. The Morgan fingerprint density at radius 2 is 2.21 bits per heavy atom. The number of rotatable bonds is 3. The average Bonchev–Trinajstić information content (AvgIpc) is 2.57. The molecule has 1 heterocycles. The molecule has 0 saturated carbocycles. The summed E-state index contributed by atoms with van der Waals surface area (Å²) in [4.78, 5) is 2.21. The smallest absolute Gasteiger partial charge is 0.159 e. The van der Waals surface area contributed by atoms with Gasteiger partial charge in [-0.2, -0.15) is 0 Å². The zero-order chi connectivity index (χ0) is 13.8. The van der Waals surface area contributed by atoms with E-state index >= 15 is 0 Å². The normalized spacial score (nSPS) is 23.1. The van der Waals surface area contributed by atoms with Crippen LogP contribution in [0.1, 0.15) is 24.9 Å². The van der Waals surface area contributed by atoms with E-state index in [9.17, 15) is 8.78 Å². The second-order valence-electron chi connectivity index (χ2n) is 5.07. The molecule has 0 amide bonds. The van der Waals surface area contributed by atoms with E-state index in [0.717, 1.165) is 32.2 Å². The van der Waals surface area contributed by atoms with Gasteiger partial charge in [-0.05, 0) is 31.0 Å². The number of nitrogens with two attached hydrogens (primary N) is 1. The van der Waals surface area contributed by atoms with Crippen LogP contribution in [0.4, 0.5) is 8.78 Å². The van der Waals surface area contributed by atoms with Crippen molar-refractivity contribution in [3.8, 4) is 0 Å². The number of hydrogen-bond acceptors (Lipinski definition) is 3. The number of halogens is 2. The number of benzene rings is 1. The molecule has 2 N–H and O–H groups in total. The predicted molar refractivity (Wildman–Crippen MR) is 69.8 cm³/mol. The summed E-state index contributed by atoms with van der Waals surface area (Å²) in [7, 11) is 0. The fourth-order valence-corrected chi connectivity index (χ4v) is 2.37. The predicted octanol–water partition coefficient (Wildman–Crippen LogP) is 2.08. The summed E-state index contributed by atoms with van der Waals surface area (Å²) in [6.07, 6.45) is 1.15. The van der Waals surface area contributed by atoms with Gasteiger partial charge < -0.3 is 10.5 Å². The molecule has 0 aliphatic carbocycles. The summed E-state index contributed by atoms with van der Waals surface area (Å²) in [6.45, 7) is 5.15.